The molecule has 2 heterocycles. The van der Waals surface area contributed by atoms with Gasteiger partial charge >= 0.3 is 0 Å². The molecule has 4 heteroatoms. The minimum absolute atomic E-state index is 0.492. The van der Waals surface area contributed by atoms with Crippen molar-refractivity contribution in [2.75, 3.05) is 0 Å². The first-order chi connectivity index (χ1) is 10.8. The van der Waals surface area contributed by atoms with Gasteiger partial charge in [-0.25, -0.2) is 9.97 Å². The average Bonchev–Trinajstić information content (AvgIpc) is 2.99. The topological polar surface area (TPSA) is 38.9 Å². The average molecular weight is 307 g/mol. The van der Waals surface area contributed by atoms with Crippen LogP contribution >= 0.6 is 11.6 Å². The minimum atomic E-state index is 0.492. The second-order valence-corrected chi connectivity index (χ2v) is 5.38. The fourth-order valence-electron chi connectivity index (χ4n) is 2.36. The lowest BCUT2D eigenvalue weighted by molar-refractivity contribution is 0.608. The predicted octanol–water partition coefficient (Wildman–Crippen LogP) is 5.21. The summed E-state index contributed by atoms with van der Waals surface area (Å²) in [5, 5.41) is 0.548. The van der Waals surface area contributed by atoms with Crippen LogP contribution in [0.15, 0.2) is 71.3 Å². The van der Waals surface area contributed by atoms with Crippen molar-refractivity contribution in [2.45, 2.75) is 0 Å². The van der Waals surface area contributed by atoms with E-state index in [1.165, 1.54) is 5.56 Å². The smallest absolute Gasteiger partial charge is 0.247 e. The van der Waals surface area contributed by atoms with Crippen molar-refractivity contribution < 1.29 is 4.42 Å². The van der Waals surface area contributed by atoms with E-state index >= 15 is 0 Å². The van der Waals surface area contributed by atoms with Gasteiger partial charge < -0.3 is 4.42 Å². The van der Waals surface area contributed by atoms with Gasteiger partial charge in [-0.15, -0.1) is 0 Å². The number of hydrogen-bond donors (Lipinski definition) is 0. The van der Waals surface area contributed by atoms with Crippen molar-refractivity contribution in [3.05, 3.63) is 71.9 Å². The molecule has 4 rings (SSSR count). The van der Waals surface area contributed by atoms with Gasteiger partial charge in [0.15, 0.2) is 0 Å². The molecule has 0 aliphatic heterocycles. The zero-order valence-corrected chi connectivity index (χ0v) is 12.3. The normalized spacial score (nSPS) is 11.0. The van der Waals surface area contributed by atoms with Crippen LogP contribution in [0.3, 0.4) is 0 Å². The molecule has 0 saturated carbocycles. The summed E-state index contributed by atoms with van der Waals surface area (Å²) in [4.78, 5) is 8.56. The van der Waals surface area contributed by atoms with Crippen LogP contribution in [0.4, 0.5) is 0 Å². The van der Waals surface area contributed by atoms with Crippen LogP contribution in [0.2, 0.25) is 5.02 Å². The van der Waals surface area contributed by atoms with Crippen molar-refractivity contribution in [1.29, 1.82) is 0 Å². The first-order valence-corrected chi connectivity index (χ1v) is 7.25. The lowest BCUT2D eigenvalue weighted by Gasteiger charge is -2.02. The number of aromatic nitrogens is 2. The Labute approximate surface area is 132 Å². The number of hydrogen-bond acceptors (Lipinski definition) is 3. The number of halogens is 1. The summed E-state index contributed by atoms with van der Waals surface area (Å²) in [6.07, 6.45) is 1.55. The molecule has 0 atom stereocenters. The third-order valence-corrected chi connectivity index (χ3v) is 3.66. The first-order valence-electron chi connectivity index (χ1n) is 6.87. The SMILES string of the molecule is Clc1cnc2oc(-c3ccc(-c4ccccc4)cc3)nc2c1. The lowest BCUT2D eigenvalue weighted by atomic mass is 10.0. The zero-order chi connectivity index (χ0) is 14.9. The Morgan fingerprint density at radius 1 is 0.818 bits per heavy atom. The van der Waals surface area contributed by atoms with E-state index in [9.17, 15) is 0 Å². The molecule has 22 heavy (non-hydrogen) atoms. The zero-order valence-electron chi connectivity index (χ0n) is 11.5. The highest BCUT2D eigenvalue weighted by atomic mass is 35.5. The number of fused-ring (bicyclic) bond motifs is 1. The van der Waals surface area contributed by atoms with Crippen molar-refractivity contribution in [2.24, 2.45) is 0 Å². The van der Waals surface area contributed by atoms with Crippen molar-refractivity contribution >= 4 is 22.8 Å². The maximum atomic E-state index is 5.92. The molecule has 0 aliphatic carbocycles. The first kappa shape index (κ1) is 13.0. The van der Waals surface area contributed by atoms with Crippen LogP contribution in [0.5, 0.6) is 0 Å². The van der Waals surface area contributed by atoms with E-state index in [-0.39, 0.29) is 0 Å². The summed E-state index contributed by atoms with van der Waals surface area (Å²) in [7, 11) is 0. The van der Waals surface area contributed by atoms with E-state index in [1.54, 1.807) is 12.3 Å². The summed E-state index contributed by atoms with van der Waals surface area (Å²) in [6.45, 7) is 0. The second-order valence-electron chi connectivity index (χ2n) is 4.94. The number of pyridine rings is 1. The Morgan fingerprint density at radius 2 is 1.50 bits per heavy atom. The Balaban J connectivity index is 1.73. The molecule has 0 unspecified atom stereocenters. The molecule has 3 nitrogen and oxygen atoms in total. The molecule has 2 aromatic carbocycles. The van der Waals surface area contributed by atoms with E-state index in [0.717, 1.165) is 11.1 Å². The van der Waals surface area contributed by atoms with Gasteiger partial charge in [0.2, 0.25) is 11.6 Å². The molecule has 0 fully saturated rings. The highest BCUT2D eigenvalue weighted by molar-refractivity contribution is 6.30. The van der Waals surface area contributed by atoms with Crippen LogP contribution in [-0.4, -0.2) is 9.97 Å². The van der Waals surface area contributed by atoms with Crippen LogP contribution in [0, 0.1) is 0 Å². The van der Waals surface area contributed by atoms with Crippen LogP contribution < -0.4 is 0 Å². The van der Waals surface area contributed by atoms with Gasteiger partial charge in [0.25, 0.3) is 0 Å². The molecule has 0 N–H and O–H groups in total. The Morgan fingerprint density at radius 3 is 2.27 bits per heavy atom. The van der Waals surface area contributed by atoms with E-state index in [1.807, 2.05) is 30.3 Å². The molecule has 0 amide bonds. The number of nitrogens with zero attached hydrogens (tertiary/aromatic N) is 2. The summed E-state index contributed by atoms with van der Waals surface area (Å²) in [5.74, 6) is 0.546. The predicted molar refractivity (Wildman–Crippen MR) is 87.7 cm³/mol. The molecule has 0 saturated heterocycles. The van der Waals surface area contributed by atoms with Crippen LogP contribution in [0.1, 0.15) is 0 Å². The molecule has 0 spiro atoms. The standard InChI is InChI=1S/C18H11ClN2O/c19-15-10-16-18(20-11-15)22-17(21-16)14-8-6-13(7-9-14)12-4-2-1-3-5-12/h1-11H. The Hall–Kier alpha value is -2.65. The quantitative estimate of drug-likeness (QED) is 0.510. The fraction of sp³-hybridized carbons (Fsp3) is 0. The van der Waals surface area contributed by atoms with Crippen molar-refractivity contribution in [3.8, 4) is 22.6 Å². The van der Waals surface area contributed by atoms with E-state index in [2.05, 4.69) is 34.2 Å². The van der Waals surface area contributed by atoms with Gasteiger partial charge in [0.1, 0.15) is 5.52 Å². The molecule has 0 bridgehead atoms. The Bertz CT molecular complexity index is 930. The summed E-state index contributed by atoms with van der Waals surface area (Å²) in [5.41, 5.74) is 4.40. The molecule has 106 valence electrons. The second kappa shape index (κ2) is 5.28. The van der Waals surface area contributed by atoms with Gasteiger partial charge in [-0.2, -0.15) is 0 Å². The van der Waals surface area contributed by atoms with E-state index in [4.69, 9.17) is 16.0 Å². The number of benzene rings is 2. The monoisotopic (exact) mass is 306 g/mol. The van der Waals surface area contributed by atoms with Gasteiger partial charge in [-0.1, -0.05) is 54.1 Å². The van der Waals surface area contributed by atoms with Crippen molar-refractivity contribution in [1.82, 2.24) is 9.97 Å². The molecular formula is C18H11ClN2O. The molecule has 0 radical (unpaired) electrons. The van der Waals surface area contributed by atoms with Gasteiger partial charge in [-0.3, -0.25) is 0 Å². The summed E-state index contributed by atoms with van der Waals surface area (Å²) < 4.78 is 5.67. The molecule has 2 aromatic heterocycles. The van der Waals surface area contributed by atoms with Gasteiger partial charge in [-0.05, 0) is 29.3 Å². The van der Waals surface area contributed by atoms with Crippen LogP contribution in [-0.2, 0) is 0 Å². The largest absolute Gasteiger partial charge is 0.418 e. The Kier molecular flexibility index (Phi) is 3.13. The highest BCUT2D eigenvalue weighted by Gasteiger charge is 2.09. The van der Waals surface area contributed by atoms with E-state index < -0.39 is 0 Å². The summed E-state index contributed by atoms with van der Waals surface area (Å²) >= 11 is 5.92. The highest BCUT2D eigenvalue weighted by Crippen LogP contribution is 2.27. The fourth-order valence-corrected chi connectivity index (χ4v) is 2.51. The maximum absolute atomic E-state index is 5.92. The molecule has 0 aliphatic rings. The van der Waals surface area contributed by atoms with Gasteiger partial charge in [0, 0.05) is 11.8 Å². The van der Waals surface area contributed by atoms with Crippen molar-refractivity contribution in [3.63, 3.8) is 0 Å². The van der Waals surface area contributed by atoms with E-state index in [0.29, 0.717) is 22.1 Å². The summed E-state index contributed by atoms with van der Waals surface area (Å²) in [6, 6.07) is 20.1. The minimum Gasteiger partial charge on any atom is -0.418 e. The maximum Gasteiger partial charge on any atom is 0.247 e. The third-order valence-electron chi connectivity index (χ3n) is 3.45. The van der Waals surface area contributed by atoms with Crippen LogP contribution in [0.25, 0.3) is 33.8 Å². The lowest BCUT2D eigenvalue weighted by Crippen LogP contribution is -1.80. The molecular weight excluding hydrogens is 296 g/mol. The number of oxazole rings is 1. The number of rotatable bonds is 2. The molecule has 4 aromatic rings. The van der Waals surface area contributed by atoms with Gasteiger partial charge in [0.05, 0.1) is 5.02 Å². The third kappa shape index (κ3) is 2.36.